The summed E-state index contributed by atoms with van der Waals surface area (Å²) in [4.78, 5) is 16.8. The van der Waals surface area contributed by atoms with Crippen molar-refractivity contribution in [2.75, 3.05) is 39.3 Å². The van der Waals surface area contributed by atoms with E-state index in [1.165, 1.54) is 11.6 Å². The number of ether oxygens (including phenoxy) is 3. The molecule has 2 heterocycles. The zero-order chi connectivity index (χ0) is 30.0. The van der Waals surface area contributed by atoms with Crippen LogP contribution in [0.25, 0.3) is 0 Å². The van der Waals surface area contributed by atoms with Crippen molar-refractivity contribution in [1.29, 1.82) is 0 Å². The van der Waals surface area contributed by atoms with Crippen LogP contribution in [0.5, 0.6) is 0 Å². The number of rotatable bonds is 11. The van der Waals surface area contributed by atoms with Gasteiger partial charge >= 0.3 is 6.09 Å². The summed E-state index contributed by atoms with van der Waals surface area (Å²) in [6.07, 6.45) is 0.352. The van der Waals surface area contributed by atoms with Crippen molar-refractivity contribution in [1.82, 2.24) is 15.1 Å². The maximum absolute atomic E-state index is 11.8. The van der Waals surface area contributed by atoms with Crippen LogP contribution in [0.4, 0.5) is 4.79 Å². The predicted molar refractivity (Wildman–Crippen MR) is 166 cm³/mol. The lowest BCUT2D eigenvalue weighted by Crippen LogP contribution is -2.51. The van der Waals surface area contributed by atoms with E-state index in [1.807, 2.05) is 36.4 Å². The van der Waals surface area contributed by atoms with E-state index >= 15 is 0 Å². The summed E-state index contributed by atoms with van der Waals surface area (Å²) in [6, 6.07) is 26.6. The van der Waals surface area contributed by atoms with Crippen molar-refractivity contribution in [2.24, 2.45) is 5.92 Å². The Morgan fingerprint density at radius 3 is 2.23 bits per heavy atom. The zero-order valence-electron chi connectivity index (χ0n) is 24.9. The van der Waals surface area contributed by atoms with Crippen LogP contribution in [-0.4, -0.2) is 66.4 Å². The number of alkyl carbamates (subject to hydrolysis) is 1. The minimum atomic E-state index is -0.525. The maximum atomic E-state index is 11.8. The van der Waals surface area contributed by atoms with Gasteiger partial charge in [0.25, 0.3) is 0 Å². The van der Waals surface area contributed by atoms with Gasteiger partial charge < -0.3 is 24.6 Å². The monoisotopic (exact) mass is 585 g/mol. The molecule has 2 fully saturated rings. The largest absolute Gasteiger partial charge is 0.445 e. The fraction of sp³-hybridized carbons (Fsp3) is 0.400. The molecule has 8 heteroatoms. The first-order chi connectivity index (χ1) is 21.0. The quantitative estimate of drug-likeness (QED) is 0.299. The maximum Gasteiger partial charge on any atom is 0.407 e. The second-order valence-electron chi connectivity index (χ2n) is 11.4. The number of piperazine rings is 1. The molecule has 0 radical (unpaired) electrons. The molecule has 1 amide bonds. The molecule has 2 aliphatic heterocycles. The number of hydrogen-bond donors (Lipinski definition) is 2. The van der Waals surface area contributed by atoms with E-state index < -0.39 is 12.4 Å². The molecular formula is C35H43N3O5. The Bertz CT molecular complexity index is 1290. The first-order valence-electron chi connectivity index (χ1n) is 15.1. The van der Waals surface area contributed by atoms with E-state index in [1.54, 1.807) is 0 Å². The summed E-state index contributed by atoms with van der Waals surface area (Å²) in [5, 5.41) is 12.3. The van der Waals surface area contributed by atoms with Gasteiger partial charge in [-0.05, 0) is 22.3 Å². The Kier molecular flexibility index (Phi) is 11.0. The molecule has 8 nitrogen and oxygen atoms in total. The summed E-state index contributed by atoms with van der Waals surface area (Å²) in [5.74, 6) is 0.128. The normalized spacial score (nSPS) is 23.0. The van der Waals surface area contributed by atoms with Gasteiger partial charge in [0.05, 0.1) is 18.8 Å². The van der Waals surface area contributed by atoms with Gasteiger partial charge in [-0.1, -0.05) is 98.4 Å². The lowest BCUT2D eigenvalue weighted by Gasteiger charge is -2.44. The predicted octanol–water partition coefficient (Wildman–Crippen LogP) is 5.20. The molecule has 4 atom stereocenters. The van der Waals surface area contributed by atoms with Gasteiger partial charge in [-0.15, -0.1) is 0 Å². The van der Waals surface area contributed by atoms with Gasteiger partial charge in [0.2, 0.25) is 0 Å². The summed E-state index contributed by atoms with van der Waals surface area (Å²) >= 11 is 0. The van der Waals surface area contributed by atoms with Crippen molar-refractivity contribution >= 4 is 6.09 Å². The summed E-state index contributed by atoms with van der Waals surface area (Å²) in [5.41, 5.74) is 5.19. The van der Waals surface area contributed by atoms with Gasteiger partial charge in [0, 0.05) is 57.3 Å². The molecular weight excluding hydrogens is 542 g/mol. The number of hydrogen-bond acceptors (Lipinski definition) is 7. The van der Waals surface area contributed by atoms with Gasteiger partial charge in [-0.3, -0.25) is 9.80 Å². The second kappa shape index (κ2) is 15.3. The van der Waals surface area contributed by atoms with Crippen LogP contribution in [0, 0.1) is 5.92 Å². The average molecular weight is 586 g/mol. The van der Waals surface area contributed by atoms with Crippen molar-refractivity contribution in [3.8, 4) is 0 Å². The van der Waals surface area contributed by atoms with Gasteiger partial charge in [-0.2, -0.15) is 0 Å². The summed E-state index contributed by atoms with van der Waals surface area (Å²) < 4.78 is 18.3. The van der Waals surface area contributed by atoms with Crippen LogP contribution in [0.15, 0.2) is 91.5 Å². The zero-order valence-corrected chi connectivity index (χ0v) is 24.9. The van der Waals surface area contributed by atoms with E-state index in [2.05, 4.69) is 71.1 Å². The van der Waals surface area contributed by atoms with Crippen LogP contribution >= 0.6 is 0 Å². The van der Waals surface area contributed by atoms with Crippen molar-refractivity contribution in [3.63, 3.8) is 0 Å². The third-order valence-corrected chi connectivity index (χ3v) is 8.30. The molecule has 0 aromatic heterocycles. The highest BCUT2D eigenvalue weighted by Crippen LogP contribution is 2.42. The van der Waals surface area contributed by atoms with Crippen molar-refractivity contribution in [3.05, 3.63) is 119 Å². The number of benzene rings is 3. The number of nitrogens with zero attached hydrogens (tertiary/aromatic N) is 2. The standard InChI is InChI=1S/C35H43N3O5/c1-3-21-41-35(40)36-22-27-9-15-31(16-10-27)34-42-32(26(2)33(43-34)30-13-11-29(25-39)12-14-30)24-38-19-17-37(18-20-38)23-28-7-5-4-6-8-28/h3-16,26,32-34,39H,1,17-25H2,2H3,(H,36,40). The third kappa shape index (κ3) is 8.53. The van der Waals surface area contributed by atoms with Crippen LogP contribution in [0.1, 0.15) is 47.1 Å². The van der Waals surface area contributed by atoms with Crippen LogP contribution in [0.3, 0.4) is 0 Å². The third-order valence-electron chi connectivity index (χ3n) is 8.30. The van der Waals surface area contributed by atoms with Crippen LogP contribution < -0.4 is 5.32 Å². The van der Waals surface area contributed by atoms with E-state index in [0.717, 1.165) is 61.5 Å². The molecule has 0 spiro atoms. The fourth-order valence-electron chi connectivity index (χ4n) is 5.71. The Balaban J connectivity index is 1.25. The number of aliphatic hydroxyl groups excluding tert-OH is 1. The topological polar surface area (TPSA) is 83.5 Å². The Hall–Kier alpha value is -3.53. The van der Waals surface area contributed by atoms with E-state index in [9.17, 15) is 9.90 Å². The van der Waals surface area contributed by atoms with Gasteiger partial charge in [0.15, 0.2) is 6.29 Å². The highest BCUT2D eigenvalue weighted by atomic mass is 16.7. The fourth-order valence-corrected chi connectivity index (χ4v) is 5.71. The smallest absolute Gasteiger partial charge is 0.407 e. The first kappa shape index (κ1) is 30.9. The van der Waals surface area contributed by atoms with E-state index in [-0.39, 0.29) is 31.3 Å². The van der Waals surface area contributed by atoms with Gasteiger partial charge in [0.1, 0.15) is 6.61 Å². The second-order valence-corrected chi connectivity index (χ2v) is 11.4. The molecule has 2 saturated heterocycles. The molecule has 228 valence electrons. The van der Waals surface area contributed by atoms with Crippen molar-refractivity contribution in [2.45, 2.75) is 45.1 Å². The number of nitrogens with one attached hydrogen (secondary N) is 1. The molecule has 0 saturated carbocycles. The highest BCUT2D eigenvalue weighted by Gasteiger charge is 2.39. The molecule has 5 rings (SSSR count). The number of aliphatic hydroxyl groups is 1. The molecule has 4 unspecified atom stereocenters. The molecule has 2 aliphatic rings. The van der Waals surface area contributed by atoms with Crippen LogP contribution in [0.2, 0.25) is 0 Å². The molecule has 0 bridgehead atoms. The number of amides is 1. The average Bonchev–Trinajstić information content (AvgIpc) is 3.05. The van der Waals surface area contributed by atoms with Crippen molar-refractivity contribution < 1.29 is 24.1 Å². The SMILES string of the molecule is C=CCOC(=O)NCc1ccc(C2OC(CN3CCN(Cc4ccccc4)CC3)C(C)C(c3ccc(CO)cc3)O2)cc1. The molecule has 3 aromatic carbocycles. The lowest BCUT2D eigenvalue weighted by molar-refractivity contribution is -0.276. The minimum Gasteiger partial charge on any atom is -0.445 e. The minimum absolute atomic E-state index is 0.0130. The number of carbonyl (C=O) groups excluding carboxylic acids is 1. The summed E-state index contributed by atoms with van der Waals surface area (Å²) in [6.45, 7) is 12.2. The molecule has 3 aromatic rings. The van der Waals surface area contributed by atoms with Crippen LogP contribution in [-0.2, 0) is 33.9 Å². The molecule has 2 N–H and O–H groups in total. The van der Waals surface area contributed by atoms with E-state index in [4.69, 9.17) is 14.2 Å². The molecule has 0 aliphatic carbocycles. The molecule has 43 heavy (non-hydrogen) atoms. The van der Waals surface area contributed by atoms with E-state index in [0.29, 0.717) is 6.54 Å². The highest BCUT2D eigenvalue weighted by molar-refractivity contribution is 5.67. The Labute approximate surface area is 254 Å². The number of carbonyl (C=O) groups is 1. The summed E-state index contributed by atoms with van der Waals surface area (Å²) in [7, 11) is 0. The Morgan fingerprint density at radius 1 is 0.907 bits per heavy atom. The van der Waals surface area contributed by atoms with Gasteiger partial charge in [-0.25, -0.2) is 4.79 Å². The Morgan fingerprint density at radius 2 is 1.56 bits per heavy atom. The lowest BCUT2D eigenvalue weighted by atomic mass is 9.90. The first-order valence-corrected chi connectivity index (χ1v) is 15.1.